The van der Waals surface area contributed by atoms with E-state index in [0.29, 0.717) is 6.42 Å². The van der Waals surface area contributed by atoms with Gasteiger partial charge in [-0.1, -0.05) is 143 Å². The summed E-state index contributed by atoms with van der Waals surface area (Å²) in [7, 11) is 0. The zero-order valence-corrected chi connectivity index (χ0v) is 30.2. The van der Waals surface area contributed by atoms with E-state index in [1.807, 2.05) is 6.08 Å². The number of aliphatic hydroxyl groups excluding tert-OH is 6. The van der Waals surface area contributed by atoms with Crippen molar-refractivity contribution in [2.75, 3.05) is 13.2 Å². The molecule has 0 saturated carbocycles. The van der Waals surface area contributed by atoms with Gasteiger partial charge in [-0.25, -0.2) is 0 Å². The Hall–Kier alpha value is -0.910. The van der Waals surface area contributed by atoms with E-state index in [0.717, 1.165) is 50.4 Å². The van der Waals surface area contributed by atoms with Crippen LogP contribution in [0.4, 0.5) is 0 Å². The van der Waals surface area contributed by atoms with Crippen molar-refractivity contribution in [3.63, 3.8) is 0 Å². The molecule has 1 heterocycles. The monoisotopic (exact) mass is 673 g/mol. The lowest BCUT2D eigenvalue weighted by molar-refractivity contribution is -0.303. The molecule has 9 atom stereocenters. The fourth-order valence-corrected chi connectivity index (χ4v) is 6.13. The van der Waals surface area contributed by atoms with Crippen LogP contribution in [0.2, 0.25) is 0 Å². The summed E-state index contributed by atoms with van der Waals surface area (Å²) >= 11 is 0. The number of unbranched alkanes of at least 4 members (excludes halogenated alkanes) is 13. The van der Waals surface area contributed by atoms with Crippen LogP contribution in [0.1, 0.15) is 150 Å². The van der Waals surface area contributed by atoms with Crippen LogP contribution in [0.5, 0.6) is 0 Å². The Labute approximate surface area is 286 Å². The number of aliphatic hydroxyl groups is 6. The molecule has 1 unspecified atom stereocenters. The molecule has 0 amide bonds. The molecule has 0 aliphatic carbocycles. The number of ketones is 1. The fourth-order valence-electron chi connectivity index (χ4n) is 6.13. The van der Waals surface area contributed by atoms with E-state index in [2.05, 4.69) is 27.7 Å². The van der Waals surface area contributed by atoms with Crippen LogP contribution in [-0.2, 0) is 14.3 Å². The summed E-state index contributed by atoms with van der Waals surface area (Å²) < 4.78 is 11.1. The van der Waals surface area contributed by atoms with Crippen molar-refractivity contribution in [3.8, 4) is 0 Å². The summed E-state index contributed by atoms with van der Waals surface area (Å²) in [5, 5.41) is 61.8. The van der Waals surface area contributed by atoms with Gasteiger partial charge in [-0.15, -0.1) is 0 Å². The van der Waals surface area contributed by atoms with E-state index < -0.39 is 61.2 Å². The highest BCUT2D eigenvalue weighted by Gasteiger charge is 2.44. The molecule has 0 aromatic carbocycles. The van der Waals surface area contributed by atoms with E-state index in [4.69, 9.17) is 9.47 Å². The van der Waals surface area contributed by atoms with Crippen LogP contribution in [0.15, 0.2) is 12.2 Å². The van der Waals surface area contributed by atoms with E-state index in [9.17, 15) is 35.4 Å². The topological polar surface area (TPSA) is 157 Å². The van der Waals surface area contributed by atoms with Crippen molar-refractivity contribution in [2.45, 2.75) is 193 Å². The summed E-state index contributed by atoms with van der Waals surface area (Å²) in [5.41, 5.74) is 0. The zero-order valence-electron chi connectivity index (χ0n) is 30.2. The molecule has 9 nitrogen and oxygen atoms in total. The molecule has 1 aliphatic rings. The molecule has 6 N–H and O–H groups in total. The highest BCUT2D eigenvalue weighted by atomic mass is 16.7. The van der Waals surface area contributed by atoms with Crippen molar-refractivity contribution in [3.05, 3.63) is 12.2 Å². The second-order valence-electron chi connectivity index (χ2n) is 14.5. The van der Waals surface area contributed by atoms with Gasteiger partial charge in [0.25, 0.3) is 0 Å². The maximum Gasteiger partial charge on any atom is 0.186 e. The predicted molar refractivity (Wildman–Crippen MR) is 187 cm³/mol. The maximum atomic E-state index is 13.4. The molecule has 0 bridgehead atoms. The highest BCUT2D eigenvalue weighted by molar-refractivity contribution is 5.86. The Kier molecular flexibility index (Phi) is 25.2. The average molecular weight is 673 g/mol. The minimum absolute atomic E-state index is 0.289. The molecule has 0 aromatic heterocycles. The van der Waals surface area contributed by atoms with Crippen LogP contribution < -0.4 is 0 Å². The van der Waals surface area contributed by atoms with Crippen LogP contribution in [-0.4, -0.2) is 92.5 Å². The van der Waals surface area contributed by atoms with Gasteiger partial charge in [-0.3, -0.25) is 4.79 Å². The van der Waals surface area contributed by atoms with Crippen molar-refractivity contribution in [1.82, 2.24) is 0 Å². The number of rotatable bonds is 29. The van der Waals surface area contributed by atoms with Gasteiger partial charge in [-0.2, -0.15) is 0 Å². The molecule has 1 saturated heterocycles. The number of Topliss-reactive ketones (excluding diaryl/α,β-unsaturated/α-hetero) is 1. The molecule has 278 valence electrons. The molecule has 47 heavy (non-hydrogen) atoms. The summed E-state index contributed by atoms with van der Waals surface area (Å²) in [5.74, 6) is -0.108. The molecular weight excluding hydrogens is 600 g/mol. The number of ether oxygens (including phenoxy) is 2. The Morgan fingerprint density at radius 1 is 0.745 bits per heavy atom. The van der Waals surface area contributed by atoms with Crippen molar-refractivity contribution >= 4 is 5.78 Å². The van der Waals surface area contributed by atoms with Crippen molar-refractivity contribution < 1.29 is 44.9 Å². The van der Waals surface area contributed by atoms with E-state index >= 15 is 0 Å². The molecule has 9 heteroatoms. The van der Waals surface area contributed by atoms with Crippen molar-refractivity contribution in [1.29, 1.82) is 0 Å². The number of hydrogen-bond donors (Lipinski definition) is 6. The summed E-state index contributed by atoms with van der Waals surface area (Å²) in [6.45, 7) is 8.07. The largest absolute Gasteiger partial charge is 0.394 e. The van der Waals surface area contributed by atoms with Crippen LogP contribution in [0.3, 0.4) is 0 Å². The van der Waals surface area contributed by atoms with Gasteiger partial charge in [0.05, 0.1) is 25.2 Å². The second kappa shape index (κ2) is 26.9. The SMILES string of the molecule is CCC(C)CCCCCCCC/C=C/[C@@H](O)[C@H](CO[C@@H]1O[C@H](CO)[C@H](O)[C@H](O)[C@H]1O)C(=O)[C@H](O)CCCCCCCCCCC(C)C. The molecule has 1 aliphatic heterocycles. The number of carbonyl (C=O) groups is 1. The van der Waals surface area contributed by atoms with Gasteiger partial charge in [0.2, 0.25) is 0 Å². The predicted octanol–water partition coefficient (Wildman–Crippen LogP) is 5.99. The molecule has 0 spiro atoms. The molecule has 1 rings (SSSR count). The first-order valence-corrected chi connectivity index (χ1v) is 19.0. The van der Waals surface area contributed by atoms with Gasteiger partial charge >= 0.3 is 0 Å². The standard InChI is InChI=1S/C38H72O9/c1-5-29(4)23-19-15-11-7-9-12-16-20-24-31(40)30(27-46-38-37(45)36(44)35(43)33(26-39)47-38)34(42)32(41)25-21-17-13-8-6-10-14-18-22-28(2)3/h20,24,28-33,35-41,43-45H,5-19,21-23,25-27H2,1-4H3/b24-20+/t29?,30-,31+,32+,33+,35-,36-,37+,38+/m0/s1. The lowest BCUT2D eigenvalue weighted by Gasteiger charge is -2.40. The average Bonchev–Trinajstić information content (AvgIpc) is 3.05. The Bertz CT molecular complexity index is 789. The minimum atomic E-state index is -1.62. The maximum absolute atomic E-state index is 13.4. The lowest BCUT2D eigenvalue weighted by atomic mass is 9.91. The first-order chi connectivity index (χ1) is 22.5. The van der Waals surface area contributed by atoms with Crippen molar-refractivity contribution in [2.24, 2.45) is 17.8 Å². The first-order valence-electron chi connectivity index (χ1n) is 19.0. The smallest absolute Gasteiger partial charge is 0.186 e. The quantitative estimate of drug-likeness (QED) is 0.0415. The number of carbonyl (C=O) groups excluding carboxylic acids is 1. The minimum Gasteiger partial charge on any atom is -0.394 e. The fraction of sp³-hybridized carbons (Fsp3) is 0.921. The second-order valence-corrected chi connectivity index (χ2v) is 14.5. The molecule has 1 fully saturated rings. The van der Waals surface area contributed by atoms with Gasteiger partial charge in [0.1, 0.15) is 30.5 Å². The third-order valence-electron chi connectivity index (χ3n) is 9.75. The number of hydrogen-bond acceptors (Lipinski definition) is 9. The van der Waals surface area contributed by atoms with E-state index in [1.54, 1.807) is 6.08 Å². The van der Waals surface area contributed by atoms with Crippen LogP contribution in [0, 0.1) is 17.8 Å². The van der Waals surface area contributed by atoms with E-state index in [1.165, 1.54) is 70.6 Å². The van der Waals surface area contributed by atoms with Gasteiger partial charge in [0.15, 0.2) is 12.1 Å². The van der Waals surface area contributed by atoms with Gasteiger partial charge in [-0.05, 0) is 31.1 Å². The third-order valence-corrected chi connectivity index (χ3v) is 9.75. The Morgan fingerprint density at radius 2 is 1.28 bits per heavy atom. The molecule has 0 aromatic rings. The van der Waals surface area contributed by atoms with E-state index in [-0.39, 0.29) is 13.0 Å². The van der Waals surface area contributed by atoms with Crippen LogP contribution in [0.25, 0.3) is 0 Å². The third kappa shape index (κ3) is 19.2. The molecular formula is C38H72O9. The normalized spacial score (nSPS) is 24.5. The summed E-state index contributed by atoms with van der Waals surface area (Å²) in [6, 6.07) is 0. The first kappa shape index (κ1) is 44.1. The summed E-state index contributed by atoms with van der Waals surface area (Å²) in [6.07, 6.45) is 14.3. The Balaban J connectivity index is 2.59. The lowest BCUT2D eigenvalue weighted by Crippen LogP contribution is -2.59. The zero-order chi connectivity index (χ0) is 35.0. The Morgan fingerprint density at radius 3 is 1.83 bits per heavy atom. The van der Waals surface area contributed by atoms with Gasteiger partial charge in [0, 0.05) is 0 Å². The number of allylic oxidation sites excluding steroid dienone is 1. The molecule has 0 radical (unpaired) electrons. The highest BCUT2D eigenvalue weighted by Crippen LogP contribution is 2.24. The van der Waals surface area contributed by atoms with Gasteiger partial charge < -0.3 is 40.1 Å². The summed E-state index contributed by atoms with van der Waals surface area (Å²) in [4.78, 5) is 13.4. The van der Waals surface area contributed by atoms with Crippen LogP contribution >= 0.6 is 0 Å².